The fraction of sp³-hybridized carbons (Fsp3) is 0.611. The standard InChI is InChI=1S/C18H27NO4/c1-13(2)23-17-12-19(11-16(17)20)18(21)6-4-5-14-7-9-15(22-3)10-8-14/h7-10,13,16-17,20H,4-6,11-12H2,1-3H3/t16-,17-/m0/s1. The lowest BCUT2D eigenvalue weighted by molar-refractivity contribution is -0.131. The Labute approximate surface area is 138 Å². The summed E-state index contributed by atoms with van der Waals surface area (Å²) in [7, 11) is 1.65. The van der Waals surface area contributed by atoms with Crippen LogP contribution in [0.2, 0.25) is 0 Å². The van der Waals surface area contributed by atoms with Crippen molar-refractivity contribution in [3.8, 4) is 5.75 Å². The van der Waals surface area contributed by atoms with Crippen LogP contribution in [0.5, 0.6) is 5.75 Å². The maximum absolute atomic E-state index is 12.3. The fourth-order valence-corrected chi connectivity index (χ4v) is 2.84. The predicted molar refractivity (Wildman–Crippen MR) is 88.5 cm³/mol. The van der Waals surface area contributed by atoms with Crippen LogP contribution in [0.25, 0.3) is 0 Å². The van der Waals surface area contributed by atoms with E-state index < -0.39 is 6.10 Å². The van der Waals surface area contributed by atoms with Crippen LogP contribution in [0, 0.1) is 0 Å². The summed E-state index contributed by atoms with van der Waals surface area (Å²) in [5.74, 6) is 0.930. The number of carbonyl (C=O) groups excluding carboxylic acids is 1. The average Bonchev–Trinajstić information content (AvgIpc) is 2.88. The molecular formula is C18H27NO4. The van der Waals surface area contributed by atoms with E-state index in [1.807, 2.05) is 38.1 Å². The molecule has 1 aromatic carbocycles. The Kier molecular flexibility index (Phi) is 6.42. The Balaban J connectivity index is 1.74. The molecule has 23 heavy (non-hydrogen) atoms. The van der Waals surface area contributed by atoms with Gasteiger partial charge in [0, 0.05) is 19.5 Å². The number of β-amino-alcohol motifs (C(OH)–C–C–N with tert-alkyl or cyclic N) is 1. The van der Waals surface area contributed by atoms with Crippen molar-refractivity contribution in [2.24, 2.45) is 0 Å². The van der Waals surface area contributed by atoms with Crippen molar-refractivity contribution in [1.29, 1.82) is 0 Å². The minimum atomic E-state index is -0.581. The molecule has 0 bridgehead atoms. The van der Waals surface area contributed by atoms with E-state index in [9.17, 15) is 9.90 Å². The highest BCUT2D eigenvalue weighted by molar-refractivity contribution is 5.76. The van der Waals surface area contributed by atoms with Gasteiger partial charge in [-0.15, -0.1) is 0 Å². The highest BCUT2D eigenvalue weighted by Gasteiger charge is 2.34. The van der Waals surface area contributed by atoms with E-state index >= 15 is 0 Å². The molecule has 0 aromatic heterocycles. The molecule has 128 valence electrons. The number of carbonyl (C=O) groups is 1. The van der Waals surface area contributed by atoms with Crippen LogP contribution in [0.4, 0.5) is 0 Å². The monoisotopic (exact) mass is 321 g/mol. The molecule has 1 aliphatic heterocycles. The van der Waals surface area contributed by atoms with Crippen LogP contribution in [-0.4, -0.2) is 54.4 Å². The predicted octanol–water partition coefficient (Wildman–Crippen LogP) is 2.01. The molecule has 2 rings (SSSR count). The van der Waals surface area contributed by atoms with Crippen LogP contribution < -0.4 is 4.74 Å². The topological polar surface area (TPSA) is 59.0 Å². The Morgan fingerprint density at radius 2 is 2.00 bits per heavy atom. The first kappa shape index (κ1) is 17.8. The number of benzene rings is 1. The van der Waals surface area contributed by atoms with Crippen LogP contribution in [0.15, 0.2) is 24.3 Å². The summed E-state index contributed by atoms with van der Waals surface area (Å²) in [5, 5.41) is 9.98. The Morgan fingerprint density at radius 3 is 2.61 bits per heavy atom. The first-order valence-corrected chi connectivity index (χ1v) is 8.24. The molecule has 1 fully saturated rings. The molecule has 1 heterocycles. The number of methoxy groups -OCH3 is 1. The number of amides is 1. The zero-order chi connectivity index (χ0) is 16.8. The number of aryl methyl sites for hydroxylation is 1. The van der Waals surface area contributed by atoms with Gasteiger partial charge in [-0.3, -0.25) is 4.79 Å². The van der Waals surface area contributed by atoms with Crippen molar-refractivity contribution in [2.75, 3.05) is 20.2 Å². The van der Waals surface area contributed by atoms with Crippen molar-refractivity contribution in [3.63, 3.8) is 0 Å². The van der Waals surface area contributed by atoms with Gasteiger partial charge in [-0.05, 0) is 44.4 Å². The van der Waals surface area contributed by atoms with Gasteiger partial charge in [0.15, 0.2) is 0 Å². The normalized spacial score (nSPS) is 21.0. The molecule has 5 heteroatoms. The molecule has 1 amide bonds. The maximum atomic E-state index is 12.3. The Morgan fingerprint density at radius 1 is 1.30 bits per heavy atom. The van der Waals surface area contributed by atoms with E-state index in [-0.39, 0.29) is 18.1 Å². The maximum Gasteiger partial charge on any atom is 0.222 e. The number of rotatable bonds is 7. The summed E-state index contributed by atoms with van der Waals surface area (Å²) in [5.41, 5.74) is 1.20. The summed E-state index contributed by atoms with van der Waals surface area (Å²) in [6.07, 6.45) is 1.36. The van der Waals surface area contributed by atoms with Crippen LogP contribution >= 0.6 is 0 Å². The number of hydrogen-bond donors (Lipinski definition) is 1. The number of nitrogens with zero attached hydrogens (tertiary/aromatic N) is 1. The number of ether oxygens (including phenoxy) is 2. The zero-order valence-electron chi connectivity index (χ0n) is 14.2. The van der Waals surface area contributed by atoms with Gasteiger partial charge in [0.1, 0.15) is 11.9 Å². The van der Waals surface area contributed by atoms with Crippen LogP contribution in [0.3, 0.4) is 0 Å². The van der Waals surface area contributed by atoms with Gasteiger partial charge >= 0.3 is 0 Å². The number of hydrogen-bond acceptors (Lipinski definition) is 4. The first-order valence-electron chi connectivity index (χ1n) is 8.24. The minimum absolute atomic E-state index is 0.0553. The van der Waals surface area contributed by atoms with E-state index in [2.05, 4.69) is 0 Å². The Bertz CT molecular complexity index is 500. The van der Waals surface area contributed by atoms with Crippen molar-refractivity contribution in [2.45, 2.75) is 51.4 Å². The summed E-state index contributed by atoms with van der Waals surface area (Å²) in [6, 6.07) is 7.91. The van der Waals surface area contributed by atoms with Gasteiger partial charge in [0.25, 0.3) is 0 Å². The van der Waals surface area contributed by atoms with Crippen LogP contribution in [-0.2, 0) is 16.0 Å². The van der Waals surface area contributed by atoms with E-state index in [1.165, 1.54) is 5.56 Å². The number of aliphatic hydroxyl groups is 1. The van der Waals surface area contributed by atoms with Gasteiger partial charge in [-0.25, -0.2) is 0 Å². The van der Waals surface area contributed by atoms with Gasteiger partial charge < -0.3 is 19.5 Å². The van der Waals surface area contributed by atoms with Gasteiger partial charge in [0.2, 0.25) is 5.91 Å². The lowest BCUT2D eigenvalue weighted by atomic mass is 10.1. The molecule has 0 saturated carbocycles. The molecular weight excluding hydrogens is 294 g/mol. The molecule has 1 aliphatic rings. The summed E-state index contributed by atoms with van der Waals surface area (Å²) >= 11 is 0. The van der Waals surface area contributed by atoms with Gasteiger partial charge in [-0.2, -0.15) is 0 Å². The van der Waals surface area contributed by atoms with E-state index in [1.54, 1.807) is 12.0 Å². The second kappa shape index (κ2) is 8.31. The van der Waals surface area contributed by atoms with Crippen molar-refractivity contribution >= 4 is 5.91 Å². The van der Waals surface area contributed by atoms with Crippen LogP contribution in [0.1, 0.15) is 32.3 Å². The fourth-order valence-electron chi connectivity index (χ4n) is 2.84. The smallest absolute Gasteiger partial charge is 0.222 e. The molecule has 1 aromatic rings. The molecule has 5 nitrogen and oxygen atoms in total. The molecule has 0 aliphatic carbocycles. The van der Waals surface area contributed by atoms with Crippen molar-refractivity contribution in [1.82, 2.24) is 4.90 Å². The molecule has 0 radical (unpaired) electrons. The molecule has 0 spiro atoms. The van der Waals surface area contributed by atoms with Crippen molar-refractivity contribution < 1.29 is 19.4 Å². The van der Waals surface area contributed by atoms with Gasteiger partial charge in [-0.1, -0.05) is 12.1 Å². The van der Waals surface area contributed by atoms with E-state index in [4.69, 9.17) is 9.47 Å². The summed E-state index contributed by atoms with van der Waals surface area (Å²) < 4.78 is 10.8. The van der Waals surface area contributed by atoms with E-state index in [0.717, 1.165) is 18.6 Å². The minimum Gasteiger partial charge on any atom is -0.497 e. The number of aliphatic hydroxyl groups excluding tert-OH is 1. The average molecular weight is 321 g/mol. The first-order chi connectivity index (χ1) is 11.0. The SMILES string of the molecule is COc1ccc(CCCC(=O)N2C[C@H](OC(C)C)[C@@H](O)C2)cc1. The third-order valence-electron chi connectivity index (χ3n) is 4.05. The van der Waals surface area contributed by atoms with Crippen molar-refractivity contribution in [3.05, 3.63) is 29.8 Å². The highest BCUT2D eigenvalue weighted by atomic mass is 16.5. The molecule has 1 saturated heterocycles. The third-order valence-corrected chi connectivity index (χ3v) is 4.05. The molecule has 2 atom stereocenters. The third kappa shape index (κ3) is 5.22. The van der Waals surface area contributed by atoms with Gasteiger partial charge in [0.05, 0.1) is 19.3 Å². The number of likely N-dealkylation sites (tertiary alicyclic amines) is 1. The Hall–Kier alpha value is -1.59. The quantitative estimate of drug-likeness (QED) is 0.835. The molecule has 0 unspecified atom stereocenters. The van der Waals surface area contributed by atoms with E-state index in [0.29, 0.717) is 19.5 Å². The summed E-state index contributed by atoms with van der Waals surface area (Å²) in [6.45, 7) is 4.73. The summed E-state index contributed by atoms with van der Waals surface area (Å²) in [4.78, 5) is 14.0. The second-order valence-electron chi connectivity index (χ2n) is 6.29. The highest BCUT2D eigenvalue weighted by Crippen LogP contribution is 2.18. The lowest BCUT2D eigenvalue weighted by Crippen LogP contribution is -2.31. The lowest BCUT2D eigenvalue weighted by Gasteiger charge is -2.18. The zero-order valence-corrected chi connectivity index (χ0v) is 14.2. The second-order valence-corrected chi connectivity index (χ2v) is 6.29. The largest absolute Gasteiger partial charge is 0.497 e. The molecule has 1 N–H and O–H groups in total.